The molecule has 19 heavy (non-hydrogen) atoms. The summed E-state index contributed by atoms with van der Waals surface area (Å²) in [6, 6.07) is 1.95. The first-order valence-electron chi connectivity index (χ1n) is 7.29. The van der Waals surface area contributed by atoms with Gasteiger partial charge in [0.05, 0.1) is 0 Å². The fraction of sp³-hybridized carbons (Fsp3) is 0.667. The minimum Gasteiger partial charge on any atom is -0.352 e. The van der Waals surface area contributed by atoms with E-state index in [1.165, 1.54) is 0 Å². The number of aromatic nitrogens is 1. The highest BCUT2D eigenvalue weighted by Gasteiger charge is 2.13. The first kappa shape index (κ1) is 14.3. The monoisotopic (exact) mass is 263 g/mol. The van der Waals surface area contributed by atoms with Gasteiger partial charge in [-0.1, -0.05) is 6.92 Å². The van der Waals surface area contributed by atoms with Gasteiger partial charge in [-0.25, -0.2) is 0 Å². The van der Waals surface area contributed by atoms with Gasteiger partial charge in [0.1, 0.15) is 0 Å². The number of carbonyl (C=O) groups excluding carboxylic acids is 1. The van der Waals surface area contributed by atoms with Crippen molar-refractivity contribution < 1.29 is 4.79 Å². The zero-order chi connectivity index (χ0) is 13.7. The van der Waals surface area contributed by atoms with E-state index in [-0.39, 0.29) is 5.78 Å². The minimum atomic E-state index is 0.265. The van der Waals surface area contributed by atoms with Gasteiger partial charge in [0.2, 0.25) is 0 Å². The van der Waals surface area contributed by atoms with Gasteiger partial charge < -0.3 is 9.47 Å². The Balaban J connectivity index is 1.78. The van der Waals surface area contributed by atoms with Crippen LogP contribution in [0, 0.1) is 0 Å². The van der Waals surface area contributed by atoms with E-state index in [9.17, 15) is 4.79 Å². The molecule has 0 saturated carbocycles. The van der Waals surface area contributed by atoms with E-state index in [1.807, 2.05) is 25.4 Å². The van der Waals surface area contributed by atoms with Crippen LogP contribution in [0.25, 0.3) is 0 Å². The average Bonchev–Trinajstić information content (AvgIpc) is 2.87. The molecule has 0 aromatic carbocycles. The molecule has 1 saturated heterocycles. The Kier molecular flexibility index (Phi) is 5.16. The number of hydrogen-bond acceptors (Lipinski definition) is 3. The zero-order valence-electron chi connectivity index (χ0n) is 12.1. The lowest BCUT2D eigenvalue weighted by molar-refractivity contribution is 0.0981. The van der Waals surface area contributed by atoms with Gasteiger partial charge in [0.25, 0.3) is 0 Å². The molecule has 4 nitrogen and oxygen atoms in total. The summed E-state index contributed by atoms with van der Waals surface area (Å²) in [5, 5.41) is 0. The number of carbonyl (C=O) groups is 1. The van der Waals surface area contributed by atoms with Crippen LogP contribution in [0.1, 0.15) is 30.1 Å². The van der Waals surface area contributed by atoms with Crippen molar-refractivity contribution in [1.29, 1.82) is 0 Å². The zero-order valence-corrected chi connectivity index (χ0v) is 12.1. The SMILES string of the molecule is CCCC(=O)c1ccn(CCN2CCN(C)CC2)c1. The fourth-order valence-electron chi connectivity index (χ4n) is 2.44. The lowest BCUT2D eigenvalue weighted by Crippen LogP contribution is -2.45. The summed E-state index contributed by atoms with van der Waals surface area (Å²) >= 11 is 0. The highest BCUT2D eigenvalue weighted by molar-refractivity contribution is 5.95. The maximum absolute atomic E-state index is 11.8. The predicted molar refractivity (Wildman–Crippen MR) is 77.6 cm³/mol. The largest absolute Gasteiger partial charge is 0.352 e. The maximum Gasteiger partial charge on any atom is 0.164 e. The van der Waals surface area contributed by atoms with Crippen LogP contribution in [0.4, 0.5) is 0 Å². The quantitative estimate of drug-likeness (QED) is 0.732. The standard InChI is InChI=1S/C15H25N3O/c1-3-4-15(19)14-5-6-18(13-14)12-11-17-9-7-16(2)8-10-17/h5-6,13H,3-4,7-12H2,1-2H3. The van der Waals surface area contributed by atoms with Crippen LogP contribution >= 0.6 is 0 Å². The molecule has 0 amide bonds. The first-order chi connectivity index (χ1) is 9.19. The molecule has 0 bridgehead atoms. The molecule has 4 heteroatoms. The molecule has 0 unspecified atom stereocenters. The van der Waals surface area contributed by atoms with E-state index < -0.39 is 0 Å². The molecule has 1 aromatic heterocycles. The molecule has 1 aliphatic rings. The molecule has 0 spiro atoms. The van der Waals surface area contributed by atoms with Gasteiger partial charge in [0.15, 0.2) is 5.78 Å². The molecule has 2 rings (SSSR count). The van der Waals surface area contributed by atoms with Gasteiger partial charge in [-0.2, -0.15) is 0 Å². The summed E-state index contributed by atoms with van der Waals surface area (Å²) in [4.78, 5) is 16.6. The lowest BCUT2D eigenvalue weighted by Gasteiger charge is -2.32. The maximum atomic E-state index is 11.8. The smallest absolute Gasteiger partial charge is 0.164 e. The van der Waals surface area contributed by atoms with Crippen molar-refractivity contribution in [3.8, 4) is 0 Å². The molecule has 1 aromatic rings. The summed E-state index contributed by atoms with van der Waals surface area (Å²) in [5.74, 6) is 0.265. The van der Waals surface area contributed by atoms with Gasteiger partial charge in [0, 0.05) is 63.6 Å². The van der Waals surface area contributed by atoms with E-state index in [1.54, 1.807) is 0 Å². The second-order valence-corrected chi connectivity index (χ2v) is 5.46. The number of likely N-dealkylation sites (N-methyl/N-ethyl adjacent to an activating group) is 1. The van der Waals surface area contributed by atoms with Gasteiger partial charge >= 0.3 is 0 Å². The van der Waals surface area contributed by atoms with Crippen molar-refractivity contribution in [2.75, 3.05) is 39.8 Å². The highest BCUT2D eigenvalue weighted by atomic mass is 16.1. The summed E-state index contributed by atoms with van der Waals surface area (Å²) in [6.07, 6.45) is 5.60. The van der Waals surface area contributed by atoms with Crippen molar-refractivity contribution >= 4 is 5.78 Å². The Labute approximate surface area is 116 Å². The molecule has 0 radical (unpaired) electrons. The summed E-state index contributed by atoms with van der Waals surface area (Å²) in [7, 11) is 2.18. The van der Waals surface area contributed by atoms with Crippen molar-refractivity contribution in [2.45, 2.75) is 26.3 Å². The molecule has 1 aliphatic heterocycles. The van der Waals surface area contributed by atoms with Crippen LogP contribution < -0.4 is 0 Å². The lowest BCUT2D eigenvalue weighted by atomic mass is 10.1. The van der Waals surface area contributed by atoms with E-state index in [4.69, 9.17) is 0 Å². The molecule has 1 fully saturated rings. The van der Waals surface area contributed by atoms with Crippen molar-refractivity contribution in [2.24, 2.45) is 0 Å². The molecular formula is C15H25N3O. The second-order valence-electron chi connectivity index (χ2n) is 5.46. The Bertz CT molecular complexity index is 405. The molecular weight excluding hydrogens is 238 g/mol. The van der Waals surface area contributed by atoms with E-state index in [0.29, 0.717) is 6.42 Å². The van der Waals surface area contributed by atoms with E-state index in [0.717, 1.165) is 51.3 Å². The molecule has 0 aliphatic carbocycles. The van der Waals surface area contributed by atoms with Crippen molar-refractivity contribution in [3.63, 3.8) is 0 Å². The van der Waals surface area contributed by atoms with Crippen molar-refractivity contribution in [3.05, 3.63) is 24.0 Å². The third kappa shape index (κ3) is 4.18. The Hall–Kier alpha value is -1.13. The Morgan fingerprint density at radius 2 is 1.95 bits per heavy atom. The number of Topliss-reactive ketones (excluding diaryl/α,β-unsaturated/α-hetero) is 1. The highest BCUT2D eigenvalue weighted by Crippen LogP contribution is 2.07. The normalized spacial score (nSPS) is 17.8. The van der Waals surface area contributed by atoms with Gasteiger partial charge in [-0.05, 0) is 19.5 Å². The van der Waals surface area contributed by atoms with Crippen LogP contribution in [-0.4, -0.2) is 59.9 Å². The van der Waals surface area contributed by atoms with Gasteiger partial charge in [-0.3, -0.25) is 9.69 Å². The fourth-order valence-corrected chi connectivity index (χ4v) is 2.44. The third-order valence-electron chi connectivity index (χ3n) is 3.82. The summed E-state index contributed by atoms with van der Waals surface area (Å²) in [5.41, 5.74) is 0.861. The first-order valence-corrected chi connectivity index (χ1v) is 7.29. The van der Waals surface area contributed by atoms with Crippen LogP contribution in [0.5, 0.6) is 0 Å². The van der Waals surface area contributed by atoms with Crippen LogP contribution in [0.2, 0.25) is 0 Å². The molecule has 106 valence electrons. The summed E-state index contributed by atoms with van der Waals surface area (Å²) in [6.45, 7) is 8.71. The van der Waals surface area contributed by atoms with Gasteiger partial charge in [-0.15, -0.1) is 0 Å². The number of piperazine rings is 1. The predicted octanol–water partition coefficient (Wildman–Crippen LogP) is 1.72. The topological polar surface area (TPSA) is 28.5 Å². The van der Waals surface area contributed by atoms with Crippen LogP contribution in [-0.2, 0) is 6.54 Å². The average molecular weight is 263 g/mol. The van der Waals surface area contributed by atoms with Crippen molar-refractivity contribution in [1.82, 2.24) is 14.4 Å². The minimum absolute atomic E-state index is 0.265. The Morgan fingerprint density at radius 1 is 1.21 bits per heavy atom. The number of nitrogens with zero attached hydrogens (tertiary/aromatic N) is 3. The van der Waals surface area contributed by atoms with Crippen LogP contribution in [0.3, 0.4) is 0 Å². The number of rotatable bonds is 6. The molecule has 2 heterocycles. The van der Waals surface area contributed by atoms with E-state index >= 15 is 0 Å². The molecule has 0 atom stereocenters. The third-order valence-corrected chi connectivity index (χ3v) is 3.82. The molecule has 0 N–H and O–H groups in total. The van der Waals surface area contributed by atoms with Crippen LogP contribution in [0.15, 0.2) is 18.5 Å². The number of hydrogen-bond donors (Lipinski definition) is 0. The number of ketones is 1. The Morgan fingerprint density at radius 3 is 2.63 bits per heavy atom. The second kappa shape index (κ2) is 6.87. The van der Waals surface area contributed by atoms with E-state index in [2.05, 4.69) is 21.4 Å². The summed E-state index contributed by atoms with van der Waals surface area (Å²) < 4.78 is 2.14.